The number of anilines is 2. The van der Waals surface area contributed by atoms with Crippen molar-refractivity contribution in [1.29, 1.82) is 0 Å². The molecule has 1 saturated heterocycles. The predicted octanol–water partition coefficient (Wildman–Crippen LogP) is 4.50. The van der Waals surface area contributed by atoms with Gasteiger partial charge >= 0.3 is 0 Å². The van der Waals surface area contributed by atoms with E-state index < -0.39 is 0 Å². The van der Waals surface area contributed by atoms with E-state index in [4.69, 9.17) is 14.8 Å². The van der Waals surface area contributed by atoms with Crippen molar-refractivity contribution in [3.63, 3.8) is 0 Å². The molecule has 6 rings (SSSR count). The maximum absolute atomic E-state index is 5.29. The van der Waals surface area contributed by atoms with E-state index in [0.29, 0.717) is 17.9 Å². The van der Waals surface area contributed by atoms with Crippen LogP contribution >= 0.6 is 11.5 Å². The van der Waals surface area contributed by atoms with Crippen molar-refractivity contribution in [2.75, 3.05) is 30.4 Å². The molecular formula is C24H26N6OS. The first-order valence-corrected chi connectivity index (χ1v) is 11.9. The second-order valence-electron chi connectivity index (χ2n) is 8.83. The molecule has 7 nitrogen and oxygen atoms in total. The van der Waals surface area contributed by atoms with Gasteiger partial charge < -0.3 is 15.0 Å². The summed E-state index contributed by atoms with van der Waals surface area (Å²) in [5.74, 6) is 2.77. The van der Waals surface area contributed by atoms with Gasteiger partial charge in [0.15, 0.2) is 5.65 Å². The van der Waals surface area contributed by atoms with E-state index >= 15 is 0 Å². The lowest BCUT2D eigenvalue weighted by Gasteiger charge is -2.38. The first kappa shape index (κ1) is 19.5. The smallest absolute Gasteiger partial charge is 0.243 e. The Morgan fingerprint density at radius 2 is 1.88 bits per heavy atom. The molecule has 4 aromatic rings. The minimum absolute atomic E-state index is 0.419. The second kappa shape index (κ2) is 7.78. The summed E-state index contributed by atoms with van der Waals surface area (Å²) < 4.78 is 11.6. The number of hydrogen-bond acceptors (Lipinski definition) is 7. The number of benzene rings is 1. The minimum atomic E-state index is 0.419. The fraction of sp³-hybridized carbons (Fsp3) is 0.375. The first-order valence-electron chi connectivity index (χ1n) is 11.1. The van der Waals surface area contributed by atoms with E-state index in [0.717, 1.165) is 47.3 Å². The Morgan fingerprint density at radius 3 is 2.56 bits per heavy atom. The van der Waals surface area contributed by atoms with Gasteiger partial charge in [0.1, 0.15) is 10.8 Å². The van der Waals surface area contributed by atoms with Crippen LogP contribution in [-0.4, -0.2) is 45.2 Å². The van der Waals surface area contributed by atoms with Crippen LogP contribution in [0.15, 0.2) is 48.7 Å². The fourth-order valence-electron chi connectivity index (χ4n) is 5.25. The van der Waals surface area contributed by atoms with Crippen molar-refractivity contribution in [3.05, 3.63) is 54.4 Å². The van der Waals surface area contributed by atoms with Crippen molar-refractivity contribution in [3.8, 4) is 16.9 Å². The molecule has 1 saturated carbocycles. The zero-order valence-corrected chi connectivity index (χ0v) is 19.0. The molecule has 2 aliphatic rings. The molecule has 0 spiro atoms. The van der Waals surface area contributed by atoms with Gasteiger partial charge in [0.05, 0.1) is 12.8 Å². The van der Waals surface area contributed by atoms with E-state index in [2.05, 4.69) is 45.8 Å². The molecule has 1 aliphatic carbocycles. The number of rotatable bonds is 5. The number of hydrogen-bond donors (Lipinski definition) is 1. The second-order valence-corrected chi connectivity index (χ2v) is 9.62. The standard InChI is InChI=1S/C24H26N6OS/c1-15-12-21(32-28-15)29-13-17-5-6-18(14-29)22(17)25-24-26-23-20(4-3-11-30(23)27-24)16-7-9-19(31-2)10-8-16/h3-4,7-12,17-18,22H,5-6,13-14H2,1-2H3,(H,25,27)/t17-,18+,22?. The molecule has 3 aromatic heterocycles. The van der Waals surface area contributed by atoms with Crippen LogP contribution in [0.2, 0.25) is 0 Å². The van der Waals surface area contributed by atoms with Crippen molar-refractivity contribution in [2.24, 2.45) is 11.8 Å². The number of fused-ring (bicyclic) bond motifs is 3. The highest BCUT2D eigenvalue weighted by Crippen LogP contribution is 2.41. The summed E-state index contributed by atoms with van der Waals surface area (Å²) in [6, 6.07) is 14.8. The fourth-order valence-corrected chi connectivity index (χ4v) is 6.03. The van der Waals surface area contributed by atoms with Gasteiger partial charge in [-0.15, -0.1) is 5.10 Å². The first-order chi connectivity index (χ1) is 15.7. The Balaban J connectivity index is 1.24. The van der Waals surface area contributed by atoms with Crippen LogP contribution in [0.25, 0.3) is 16.8 Å². The Bertz CT molecular complexity index is 1240. The van der Waals surface area contributed by atoms with Gasteiger partial charge in [0.2, 0.25) is 5.95 Å². The van der Waals surface area contributed by atoms with Gasteiger partial charge in [0.25, 0.3) is 0 Å². The van der Waals surface area contributed by atoms with Crippen LogP contribution < -0.4 is 15.0 Å². The Kier molecular flexibility index (Phi) is 4.75. The highest BCUT2D eigenvalue weighted by atomic mass is 32.1. The summed E-state index contributed by atoms with van der Waals surface area (Å²) in [6.45, 7) is 4.21. The topological polar surface area (TPSA) is 67.6 Å². The van der Waals surface area contributed by atoms with Gasteiger partial charge in [-0.05, 0) is 79.0 Å². The van der Waals surface area contributed by atoms with E-state index in [9.17, 15) is 0 Å². The highest BCUT2D eigenvalue weighted by Gasteiger charge is 2.43. The summed E-state index contributed by atoms with van der Waals surface area (Å²) in [7, 11) is 1.68. The molecular weight excluding hydrogens is 420 g/mol. The molecule has 1 unspecified atom stereocenters. The van der Waals surface area contributed by atoms with Gasteiger partial charge in [0, 0.05) is 30.9 Å². The zero-order valence-electron chi connectivity index (χ0n) is 18.2. The number of aryl methyl sites for hydroxylation is 1. The third-order valence-electron chi connectivity index (χ3n) is 6.82. The number of pyridine rings is 1. The van der Waals surface area contributed by atoms with Crippen molar-refractivity contribution in [2.45, 2.75) is 25.8 Å². The average Bonchev–Trinajstić information content (AvgIpc) is 3.49. The third kappa shape index (κ3) is 3.39. The summed E-state index contributed by atoms with van der Waals surface area (Å²) in [6.07, 6.45) is 4.46. The molecule has 1 N–H and O–H groups in total. The van der Waals surface area contributed by atoms with Crippen molar-refractivity contribution >= 4 is 28.1 Å². The molecule has 164 valence electrons. The van der Waals surface area contributed by atoms with Crippen molar-refractivity contribution < 1.29 is 4.74 Å². The normalized spacial score (nSPS) is 22.4. The molecule has 32 heavy (non-hydrogen) atoms. The number of nitrogens with zero attached hydrogens (tertiary/aromatic N) is 5. The van der Waals surface area contributed by atoms with Gasteiger partial charge in [-0.1, -0.05) is 12.1 Å². The number of nitrogens with one attached hydrogen (secondary N) is 1. The summed E-state index contributed by atoms with van der Waals surface area (Å²) >= 11 is 1.62. The number of piperidine rings is 1. The van der Waals surface area contributed by atoms with Crippen LogP contribution in [0.5, 0.6) is 5.75 Å². The maximum atomic E-state index is 5.29. The zero-order chi connectivity index (χ0) is 21.7. The molecule has 0 amide bonds. The highest BCUT2D eigenvalue weighted by molar-refractivity contribution is 7.10. The molecule has 4 heterocycles. The Labute approximate surface area is 191 Å². The summed E-state index contributed by atoms with van der Waals surface area (Å²) in [5.41, 5.74) is 4.14. The molecule has 2 fully saturated rings. The molecule has 2 bridgehead atoms. The lowest BCUT2D eigenvalue weighted by atomic mass is 9.92. The SMILES string of the molecule is COc1ccc(-c2cccn3nc(NC4[C@@H]5CC[C@H]4CN(c4cc(C)ns4)C5)nc23)cc1. The van der Waals surface area contributed by atoms with Gasteiger partial charge in [-0.3, -0.25) is 0 Å². The predicted molar refractivity (Wildman–Crippen MR) is 128 cm³/mol. The quantitative estimate of drug-likeness (QED) is 0.487. The van der Waals surface area contributed by atoms with Crippen LogP contribution in [0.4, 0.5) is 10.9 Å². The third-order valence-corrected chi connectivity index (χ3v) is 7.76. The monoisotopic (exact) mass is 446 g/mol. The average molecular weight is 447 g/mol. The Hall–Kier alpha value is -3.13. The molecule has 8 heteroatoms. The molecule has 1 aliphatic heterocycles. The van der Waals surface area contributed by atoms with Gasteiger partial charge in [-0.25, -0.2) is 4.52 Å². The maximum Gasteiger partial charge on any atom is 0.243 e. The Morgan fingerprint density at radius 1 is 1.09 bits per heavy atom. The van der Waals surface area contributed by atoms with E-state index in [1.54, 1.807) is 18.6 Å². The largest absolute Gasteiger partial charge is 0.497 e. The van der Waals surface area contributed by atoms with Gasteiger partial charge in [-0.2, -0.15) is 9.36 Å². The van der Waals surface area contributed by atoms with Crippen molar-refractivity contribution in [1.82, 2.24) is 19.0 Å². The van der Waals surface area contributed by atoms with Crippen LogP contribution in [0, 0.1) is 18.8 Å². The van der Waals surface area contributed by atoms with Crippen LogP contribution in [0.1, 0.15) is 18.5 Å². The summed E-state index contributed by atoms with van der Waals surface area (Å²) in [5, 5.41) is 9.76. The number of aromatic nitrogens is 4. The minimum Gasteiger partial charge on any atom is -0.497 e. The van der Waals surface area contributed by atoms with E-state index in [1.807, 2.05) is 28.9 Å². The summed E-state index contributed by atoms with van der Waals surface area (Å²) in [4.78, 5) is 7.41. The van der Waals surface area contributed by atoms with Crippen LogP contribution in [-0.2, 0) is 0 Å². The van der Waals surface area contributed by atoms with Crippen LogP contribution in [0.3, 0.4) is 0 Å². The number of methoxy groups -OCH3 is 1. The molecule has 1 aromatic carbocycles. The lowest BCUT2D eigenvalue weighted by Crippen LogP contribution is -2.48. The molecule has 3 atom stereocenters. The lowest BCUT2D eigenvalue weighted by molar-refractivity contribution is 0.377. The van der Waals surface area contributed by atoms with E-state index in [-0.39, 0.29) is 0 Å². The number of ether oxygens (including phenoxy) is 1. The molecule has 0 radical (unpaired) electrons. The van der Waals surface area contributed by atoms with E-state index in [1.165, 1.54) is 17.8 Å².